The highest BCUT2D eigenvalue weighted by molar-refractivity contribution is 14.1. The van der Waals surface area contributed by atoms with Crippen LogP contribution in [-0.2, 0) is 0 Å². The van der Waals surface area contributed by atoms with Crippen LogP contribution in [0.15, 0.2) is 48.5 Å². The first-order valence-corrected chi connectivity index (χ1v) is 8.07. The van der Waals surface area contributed by atoms with E-state index in [1.807, 2.05) is 36.4 Å². The maximum absolute atomic E-state index is 12.2. The fourth-order valence-corrected chi connectivity index (χ4v) is 2.32. The molecule has 0 spiro atoms. The number of ether oxygens (including phenoxy) is 1. The standard InChI is InChI=1S/C17H18INO2/c1-2-3-12-21-14-10-8-13(9-11-14)17(20)19-16-7-5-4-6-15(16)18/h4-11H,2-3,12H2,1H3,(H,19,20). The number of anilines is 1. The quantitative estimate of drug-likeness (QED) is 0.568. The van der Waals surface area contributed by atoms with Gasteiger partial charge in [-0.3, -0.25) is 4.79 Å². The lowest BCUT2D eigenvalue weighted by Gasteiger charge is -2.08. The zero-order valence-corrected chi connectivity index (χ0v) is 14.1. The molecule has 0 saturated carbocycles. The minimum atomic E-state index is -0.112. The second-order valence-corrected chi connectivity index (χ2v) is 5.82. The molecule has 0 radical (unpaired) electrons. The van der Waals surface area contributed by atoms with Gasteiger partial charge in [-0.05, 0) is 65.4 Å². The molecular formula is C17H18INO2. The molecule has 0 aliphatic carbocycles. The zero-order valence-electron chi connectivity index (χ0n) is 11.9. The number of carbonyl (C=O) groups excluding carboxylic acids is 1. The molecule has 2 aromatic rings. The Balaban J connectivity index is 1.98. The average molecular weight is 395 g/mol. The van der Waals surface area contributed by atoms with Gasteiger partial charge in [-0.15, -0.1) is 0 Å². The third-order valence-electron chi connectivity index (χ3n) is 3.01. The van der Waals surface area contributed by atoms with Gasteiger partial charge >= 0.3 is 0 Å². The summed E-state index contributed by atoms with van der Waals surface area (Å²) in [6.45, 7) is 2.84. The second kappa shape index (κ2) is 8.02. The van der Waals surface area contributed by atoms with Gasteiger partial charge < -0.3 is 10.1 Å². The molecule has 0 fully saturated rings. The molecule has 21 heavy (non-hydrogen) atoms. The Morgan fingerprint density at radius 1 is 1.14 bits per heavy atom. The summed E-state index contributed by atoms with van der Waals surface area (Å²) in [5, 5.41) is 2.91. The van der Waals surface area contributed by atoms with E-state index in [9.17, 15) is 4.79 Å². The number of hydrogen-bond donors (Lipinski definition) is 1. The molecule has 2 aromatic carbocycles. The van der Waals surface area contributed by atoms with Crippen molar-refractivity contribution in [1.29, 1.82) is 0 Å². The molecule has 4 heteroatoms. The van der Waals surface area contributed by atoms with Crippen LogP contribution < -0.4 is 10.1 Å². The van der Waals surface area contributed by atoms with Crippen molar-refractivity contribution < 1.29 is 9.53 Å². The Bertz CT molecular complexity index is 596. The molecule has 0 atom stereocenters. The van der Waals surface area contributed by atoms with Crippen LogP contribution in [0.2, 0.25) is 0 Å². The molecule has 2 rings (SSSR count). The van der Waals surface area contributed by atoms with E-state index in [0.29, 0.717) is 12.2 Å². The monoisotopic (exact) mass is 395 g/mol. The van der Waals surface area contributed by atoms with Gasteiger partial charge in [0.1, 0.15) is 5.75 Å². The number of nitrogens with one attached hydrogen (secondary N) is 1. The zero-order chi connectivity index (χ0) is 15.1. The van der Waals surface area contributed by atoms with Gasteiger partial charge in [0, 0.05) is 9.13 Å². The highest BCUT2D eigenvalue weighted by atomic mass is 127. The van der Waals surface area contributed by atoms with E-state index in [1.54, 1.807) is 12.1 Å². The van der Waals surface area contributed by atoms with Crippen molar-refractivity contribution in [3.8, 4) is 5.75 Å². The molecule has 0 saturated heterocycles. The Hall–Kier alpha value is -1.56. The number of rotatable bonds is 6. The molecular weight excluding hydrogens is 377 g/mol. The molecule has 110 valence electrons. The number of hydrogen-bond acceptors (Lipinski definition) is 2. The van der Waals surface area contributed by atoms with Crippen molar-refractivity contribution in [2.24, 2.45) is 0 Å². The van der Waals surface area contributed by atoms with Crippen LogP contribution >= 0.6 is 22.6 Å². The summed E-state index contributed by atoms with van der Waals surface area (Å²) in [6, 6.07) is 14.9. The smallest absolute Gasteiger partial charge is 0.255 e. The van der Waals surface area contributed by atoms with Crippen LogP contribution in [0.4, 0.5) is 5.69 Å². The number of carbonyl (C=O) groups is 1. The molecule has 3 nitrogen and oxygen atoms in total. The van der Waals surface area contributed by atoms with E-state index in [-0.39, 0.29) is 5.91 Å². The van der Waals surface area contributed by atoms with Gasteiger partial charge in [0.05, 0.1) is 12.3 Å². The fraction of sp³-hybridized carbons (Fsp3) is 0.235. The maximum Gasteiger partial charge on any atom is 0.255 e. The number of halogens is 1. The SMILES string of the molecule is CCCCOc1ccc(C(=O)Nc2ccccc2I)cc1. The molecule has 0 aliphatic heterocycles. The topological polar surface area (TPSA) is 38.3 Å². The van der Waals surface area contributed by atoms with Crippen LogP contribution in [-0.4, -0.2) is 12.5 Å². The summed E-state index contributed by atoms with van der Waals surface area (Å²) in [5.74, 6) is 0.688. The highest BCUT2D eigenvalue weighted by Crippen LogP contribution is 2.19. The summed E-state index contributed by atoms with van der Waals surface area (Å²) in [5.41, 5.74) is 1.45. The third-order valence-corrected chi connectivity index (χ3v) is 3.95. The summed E-state index contributed by atoms with van der Waals surface area (Å²) in [6.07, 6.45) is 2.14. The van der Waals surface area contributed by atoms with Crippen LogP contribution in [0.25, 0.3) is 0 Å². The summed E-state index contributed by atoms with van der Waals surface area (Å²) >= 11 is 2.20. The maximum atomic E-state index is 12.2. The predicted octanol–water partition coefficient (Wildman–Crippen LogP) is 4.72. The van der Waals surface area contributed by atoms with E-state index >= 15 is 0 Å². The van der Waals surface area contributed by atoms with Crippen LogP contribution in [0.1, 0.15) is 30.1 Å². The Kier molecular flexibility index (Phi) is 6.04. The highest BCUT2D eigenvalue weighted by Gasteiger charge is 2.08. The lowest BCUT2D eigenvalue weighted by Crippen LogP contribution is -2.12. The molecule has 0 aliphatic rings. The van der Waals surface area contributed by atoms with Crippen molar-refractivity contribution in [2.75, 3.05) is 11.9 Å². The number of unbranched alkanes of at least 4 members (excludes halogenated alkanes) is 1. The van der Waals surface area contributed by atoms with Crippen LogP contribution in [0.5, 0.6) is 5.75 Å². The Morgan fingerprint density at radius 2 is 1.86 bits per heavy atom. The molecule has 0 aromatic heterocycles. The summed E-state index contributed by atoms with van der Waals surface area (Å²) in [4.78, 5) is 12.2. The molecule has 1 amide bonds. The first kappa shape index (κ1) is 15.8. The predicted molar refractivity (Wildman–Crippen MR) is 94.0 cm³/mol. The summed E-state index contributed by atoms with van der Waals surface area (Å²) < 4.78 is 6.60. The van der Waals surface area contributed by atoms with E-state index in [4.69, 9.17) is 4.74 Å². The van der Waals surface area contributed by atoms with Crippen molar-refractivity contribution in [3.05, 3.63) is 57.7 Å². The van der Waals surface area contributed by atoms with Crippen molar-refractivity contribution in [1.82, 2.24) is 0 Å². The van der Waals surface area contributed by atoms with Crippen LogP contribution in [0.3, 0.4) is 0 Å². The van der Waals surface area contributed by atoms with Gasteiger partial charge in [-0.1, -0.05) is 25.5 Å². The first-order valence-electron chi connectivity index (χ1n) is 6.99. The minimum Gasteiger partial charge on any atom is -0.494 e. The second-order valence-electron chi connectivity index (χ2n) is 4.66. The lowest BCUT2D eigenvalue weighted by molar-refractivity contribution is 0.102. The fourth-order valence-electron chi connectivity index (χ4n) is 1.79. The van der Waals surface area contributed by atoms with Crippen molar-refractivity contribution in [2.45, 2.75) is 19.8 Å². The largest absolute Gasteiger partial charge is 0.494 e. The number of para-hydroxylation sites is 1. The molecule has 0 bridgehead atoms. The van der Waals surface area contributed by atoms with Crippen molar-refractivity contribution >= 4 is 34.2 Å². The van der Waals surface area contributed by atoms with Crippen molar-refractivity contribution in [3.63, 3.8) is 0 Å². The normalized spacial score (nSPS) is 10.2. The van der Waals surface area contributed by atoms with Gasteiger partial charge in [-0.25, -0.2) is 0 Å². The van der Waals surface area contributed by atoms with E-state index < -0.39 is 0 Å². The molecule has 0 unspecified atom stereocenters. The van der Waals surface area contributed by atoms with Gasteiger partial charge in [0.2, 0.25) is 0 Å². The molecule has 0 heterocycles. The average Bonchev–Trinajstić information content (AvgIpc) is 2.50. The Morgan fingerprint density at radius 3 is 2.52 bits per heavy atom. The van der Waals surface area contributed by atoms with Crippen LogP contribution in [0, 0.1) is 3.57 Å². The van der Waals surface area contributed by atoms with E-state index in [0.717, 1.165) is 27.8 Å². The lowest BCUT2D eigenvalue weighted by atomic mass is 10.2. The van der Waals surface area contributed by atoms with Gasteiger partial charge in [0.15, 0.2) is 0 Å². The van der Waals surface area contributed by atoms with Gasteiger partial charge in [-0.2, -0.15) is 0 Å². The number of benzene rings is 2. The Labute approximate surface area is 138 Å². The summed E-state index contributed by atoms with van der Waals surface area (Å²) in [7, 11) is 0. The third kappa shape index (κ3) is 4.74. The van der Waals surface area contributed by atoms with E-state index in [2.05, 4.69) is 34.8 Å². The minimum absolute atomic E-state index is 0.112. The van der Waals surface area contributed by atoms with Gasteiger partial charge in [0.25, 0.3) is 5.91 Å². The number of amides is 1. The molecule has 1 N–H and O–H groups in total. The van der Waals surface area contributed by atoms with E-state index in [1.165, 1.54) is 0 Å². The first-order chi connectivity index (χ1) is 10.2.